The molecular formula is C17H23ClN4O2. The highest BCUT2D eigenvalue weighted by Crippen LogP contribution is 2.36. The maximum atomic E-state index is 12.1. The summed E-state index contributed by atoms with van der Waals surface area (Å²) in [4.78, 5) is 16.7. The Morgan fingerprint density at radius 2 is 2.25 bits per heavy atom. The van der Waals surface area contributed by atoms with Gasteiger partial charge in [-0.2, -0.15) is 5.10 Å². The number of anilines is 1. The van der Waals surface area contributed by atoms with E-state index in [1.807, 2.05) is 23.9 Å². The first-order valence-corrected chi connectivity index (χ1v) is 8.53. The monoisotopic (exact) mass is 350 g/mol. The van der Waals surface area contributed by atoms with Crippen molar-refractivity contribution in [2.45, 2.75) is 25.9 Å². The predicted molar refractivity (Wildman–Crippen MR) is 96.1 cm³/mol. The first-order valence-electron chi connectivity index (χ1n) is 8.15. The van der Waals surface area contributed by atoms with Gasteiger partial charge in [-0.05, 0) is 33.5 Å². The molecule has 0 N–H and O–H groups in total. The number of likely N-dealkylation sites (N-methyl/N-ethyl adjacent to an activating group) is 1. The van der Waals surface area contributed by atoms with Crippen LogP contribution in [0.3, 0.4) is 0 Å². The van der Waals surface area contributed by atoms with Crippen LogP contribution in [-0.4, -0.2) is 61.0 Å². The SMILES string of the molecule is CCn1cc2c(N3CC[C@@H](N(C)C)C3)cc(Cl)c(C(=O)OC)c2n1. The van der Waals surface area contributed by atoms with Gasteiger partial charge in [-0.1, -0.05) is 11.6 Å². The van der Waals surface area contributed by atoms with Crippen molar-refractivity contribution in [1.82, 2.24) is 14.7 Å². The third kappa shape index (κ3) is 2.84. The number of aromatic nitrogens is 2. The summed E-state index contributed by atoms with van der Waals surface area (Å²) in [6, 6.07) is 2.39. The second-order valence-corrected chi connectivity index (χ2v) is 6.75. The lowest BCUT2D eigenvalue weighted by molar-refractivity contribution is 0.0603. The second-order valence-electron chi connectivity index (χ2n) is 6.34. The Kier molecular flexibility index (Phi) is 4.69. The number of hydrogen-bond donors (Lipinski definition) is 0. The van der Waals surface area contributed by atoms with Crippen LogP contribution in [0.4, 0.5) is 5.69 Å². The van der Waals surface area contributed by atoms with Crippen LogP contribution >= 0.6 is 11.6 Å². The van der Waals surface area contributed by atoms with Gasteiger partial charge >= 0.3 is 5.97 Å². The molecule has 1 aliphatic rings. The van der Waals surface area contributed by atoms with E-state index in [0.717, 1.165) is 37.1 Å². The van der Waals surface area contributed by atoms with Gasteiger partial charge in [0.05, 0.1) is 12.1 Å². The van der Waals surface area contributed by atoms with Crippen LogP contribution in [0.5, 0.6) is 0 Å². The number of benzene rings is 1. The molecule has 3 rings (SSSR count). The number of hydrogen-bond acceptors (Lipinski definition) is 5. The van der Waals surface area contributed by atoms with Gasteiger partial charge in [0.2, 0.25) is 0 Å². The fourth-order valence-corrected chi connectivity index (χ4v) is 3.55. The Morgan fingerprint density at radius 1 is 1.50 bits per heavy atom. The lowest BCUT2D eigenvalue weighted by Gasteiger charge is -2.23. The third-order valence-electron chi connectivity index (χ3n) is 4.72. The van der Waals surface area contributed by atoms with Crippen LogP contribution in [0.1, 0.15) is 23.7 Å². The van der Waals surface area contributed by atoms with E-state index >= 15 is 0 Å². The van der Waals surface area contributed by atoms with Crippen molar-refractivity contribution < 1.29 is 9.53 Å². The number of halogens is 1. The molecule has 0 radical (unpaired) electrons. The average Bonchev–Trinajstić information content (AvgIpc) is 3.20. The third-order valence-corrected chi connectivity index (χ3v) is 5.02. The van der Waals surface area contributed by atoms with E-state index in [1.165, 1.54) is 7.11 Å². The highest BCUT2D eigenvalue weighted by Gasteiger charge is 2.28. The first-order chi connectivity index (χ1) is 11.5. The van der Waals surface area contributed by atoms with E-state index < -0.39 is 5.97 Å². The number of carbonyl (C=O) groups is 1. The maximum absolute atomic E-state index is 12.1. The Bertz CT molecular complexity index is 772. The number of methoxy groups -OCH3 is 1. The molecule has 0 spiro atoms. The standard InChI is InChI=1S/C17H23ClN4O2/c1-5-22-10-12-14(21-7-6-11(9-21)20(2)3)8-13(18)15(16(12)19-22)17(23)24-4/h8,10-11H,5-7,9H2,1-4H3/t11-/m1/s1. The lowest BCUT2D eigenvalue weighted by atomic mass is 10.1. The van der Waals surface area contributed by atoms with Gasteiger partial charge in [-0.15, -0.1) is 0 Å². The Labute approximate surface area is 146 Å². The molecule has 130 valence electrons. The Morgan fingerprint density at radius 3 is 2.83 bits per heavy atom. The molecule has 0 unspecified atom stereocenters. The number of carbonyl (C=O) groups excluding carboxylic acids is 1. The predicted octanol–water partition coefficient (Wildman–Crippen LogP) is 2.64. The smallest absolute Gasteiger partial charge is 0.341 e. The topological polar surface area (TPSA) is 50.6 Å². The molecule has 2 heterocycles. The van der Waals surface area contributed by atoms with E-state index in [1.54, 1.807) is 0 Å². The van der Waals surface area contributed by atoms with Crippen LogP contribution < -0.4 is 4.90 Å². The first kappa shape index (κ1) is 17.0. The van der Waals surface area contributed by atoms with Gasteiger partial charge in [0, 0.05) is 42.9 Å². The number of nitrogens with zero attached hydrogens (tertiary/aromatic N) is 4. The Hall–Kier alpha value is -1.79. The van der Waals surface area contributed by atoms with E-state index in [9.17, 15) is 4.79 Å². The minimum atomic E-state index is -0.453. The van der Waals surface area contributed by atoms with Crippen molar-refractivity contribution in [2.24, 2.45) is 0 Å². The fourth-order valence-electron chi connectivity index (χ4n) is 3.28. The zero-order chi connectivity index (χ0) is 17.4. The van der Waals surface area contributed by atoms with Crippen LogP contribution in [0.15, 0.2) is 12.3 Å². The van der Waals surface area contributed by atoms with Crippen LogP contribution in [0.2, 0.25) is 5.02 Å². The number of ether oxygens (including phenoxy) is 1. The molecular weight excluding hydrogens is 328 g/mol. The summed E-state index contributed by atoms with van der Waals surface area (Å²) in [7, 11) is 5.57. The zero-order valence-electron chi connectivity index (χ0n) is 14.5. The molecule has 0 amide bonds. The fraction of sp³-hybridized carbons (Fsp3) is 0.529. The number of esters is 1. The van der Waals surface area contributed by atoms with Gasteiger partial charge in [0.1, 0.15) is 11.1 Å². The molecule has 24 heavy (non-hydrogen) atoms. The molecule has 7 heteroatoms. The van der Waals surface area contributed by atoms with Crippen molar-refractivity contribution in [2.75, 3.05) is 39.2 Å². The molecule has 0 aliphatic carbocycles. The van der Waals surface area contributed by atoms with E-state index in [2.05, 4.69) is 29.0 Å². The van der Waals surface area contributed by atoms with Crippen LogP contribution in [-0.2, 0) is 11.3 Å². The molecule has 1 atom stereocenters. The van der Waals surface area contributed by atoms with Crippen molar-refractivity contribution in [3.05, 3.63) is 22.8 Å². The van der Waals surface area contributed by atoms with E-state index in [-0.39, 0.29) is 0 Å². The molecule has 1 aromatic heterocycles. The second kappa shape index (κ2) is 6.61. The molecule has 1 aromatic carbocycles. The minimum absolute atomic E-state index is 0.341. The number of fused-ring (bicyclic) bond motifs is 1. The van der Waals surface area contributed by atoms with Crippen molar-refractivity contribution in [3.63, 3.8) is 0 Å². The largest absolute Gasteiger partial charge is 0.465 e. The number of rotatable bonds is 4. The van der Waals surface area contributed by atoms with Gasteiger partial charge in [-0.25, -0.2) is 4.79 Å². The molecule has 1 saturated heterocycles. The summed E-state index contributed by atoms with van der Waals surface area (Å²) >= 11 is 6.42. The zero-order valence-corrected chi connectivity index (χ0v) is 15.3. The van der Waals surface area contributed by atoms with Gasteiger partial charge < -0.3 is 14.5 Å². The maximum Gasteiger partial charge on any atom is 0.341 e. The quantitative estimate of drug-likeness (QED) is 0.793. The van der Waals surface area contributed by atoms with Crippen molar-refractivity contribution >= 4 is 34.2 Å². The summed E-state index contributed by atoms with van der Waals surface area (Å²) in [5.41, 5.74) is 1.99. The van der Waals surface area contributed by atoms with Gasteiger partial charge in [-0.3, -0.25) is 4.68 Å². The van der Waals surface area contributed by atoms with Crippen LogP contribution in [0.25, 0.3) is 10.9 Å². The average molecular weight is 351 g/mol. The Balaban J connectivity index is 2.12. The highest BCUT2D eigenvalue weighted by molar-refractivity contribution is 6.36. The van der Waals surface area contributed by atoms with E-state index in [0.29, 0.717) is 22.1 Å². The summed E-state index contributed by atoms with van der Waals surface area (Å²) in [5.74, 6) is -0.453. The van der Waals surface area contributed by atoms with Crippen LogP contribution in [0, 0.1) is 0 Å². The van der Waals surface area contributed by atoms with Gasteiger partial charge in [0.15, 0.2) is 0 Å². The summed E-state index contributed by atoms with van der Waals surface area (Å²) in [5, 5.41) is 5.87. The molecule has 2 aromatic rings. The molecule has 0 bridgehead atoms. The molecule has 6 nitrogen and oxygen atoms in total. The number of aryl methyl sites for hydroxylation is 1. The van der Waals surface area contributed by atoms with E-state index in [4.69, 9.17) is 16.3 Å². The summed E-state index contributed by atoms with van der Waals surface area (Å²) < 4.78 is 6.72. The summed E-state index contributed by atoms with van der Waals surface area (Å²) in [6.07, 6.45) is 3.09. The molecule has 0 saturated carbocycles. The van der Waals surface area contributed by atoms with Crippen molar-refractivity contribution in [1.29, 1.82) is 0 Å². The highest BCUT2D eigenvalue weighted by atomic mass is 35.5. The normalized spacial score (nSPS) is 17.9. The van der Waals surface area contributed by atoms with Gasteiger partial charge in [0.25, 0.3) is 0 Å². The summed E-state index contributed by atoms with van der Waals surface area (Å²) in [6.45, 7) is 4.64. The minimum Gasteiger partial charge on any atom is -0.465 e. The molecule has 1 aliphatic heterocycles. The van der Waals surface area contributed by atoms with Crippen molar-refractivity contribution in [3.8, 4) is 0 Å². The lowest BCUT2D eigenvalue weighted by Crippen LogP contribution is -2.31. The molecule has 1 fully saturated rings.